The van der Waals surface area contributed by atoms with Crippen molar-refractivity contribution in [3.05, 3.63) is 12.0 Å². The zero-order valence-electron chi connectivity index (χ0n) is 9.90. The number of hydroxylamine groups is 1. The molecule has 1 atom stereocenters. The van der Waals surface area contributed by atoms with Gasteiger partial charge in [0.15, 0.2) is 5.70 Å². The number of hydrogen-bond donors (Lipinski definition) is 2. The standard InChI is InChI=1S/C10H19N3O3/c1-4-15-10(14)8-6-16-13(12-8)9(11)5-7(2)3/h6-7,9,12H,4-5,11H2,1-3H3/t9-/m0/s1. The Labute approximate surface area is 95.3 Å². The molecule has 0 amide bonds. The second-order valence-corrected chi connectivity index (χ2v) is 3.99. The van der Waals surface area contributed by atoms with Crippen LogP contribution in [0.2, 0.25) is 0 Å². The lowest BCUT2D eigenvalue weighted by Crippen LogP contribution is -2.47. The van der Waals surface area contributed by atoms with Crippen molar-refractivity contribution < 1.29 is 14.4 Å². The van der Waals surface area contributed by atoms with Crippen LogP contribution in [-0.4, -0.2) is 23.9 Å². The molecule has 0 aromatic heterocycles. The number of nitrogens with one attached hydrogen (secondary N) is 1. The first-order chi connectivity index (χ1) is 7.54. The maximum atomic E-state index is 11.3. The summed E-state index contributed by atoms with van der Waals surface area (Å²) in [6.45, 7) is 6.21. The van der Waals surface area contributed by atoms with Crippen molar-refractivity contribution in [3.8, 4) is 0 Å². The second kappa shape index (κ2) is 5.72. The second-order valence-electron chi connectivity index (χ2n) is 3.99. The van der Waals surface area contributed by atoms with E-state index in [0.717, 1.165) is 6.42 Å². The van der Waals surface area contributed by atoms with Gasteiger partial charge >= 0.3 is 5.97 Å². The molecule has 1 heterocycles. The molecule has 92 valence electrons. The predicted molar refractivity (Wildman–Crippen MR) is 58.2 cm³/mol. The minimum atomic E-state index is -0.443. The van der Waals surface area contributed by atoms with E-state index in [-0.39, 0.29) is 11.9 Å². The van der Waals surface area contributed by atoms with Gasteiger partial charge < -0.3 is 15.3 Å². The molecule has 0 unspecified atom stereocenters. The van der Waals surface area contributed by atoms with Crippen molar-refractivity contribution >= 4 is 5.97 Å². The average molecular weight is 229 g/mol. The molecule has 1 rings (SSSR count). The Morgan fingerprint density at radius 1 is 1.69 bits per heavy atom. The first-order valence-corrected chi connectivity index (χ1v) is 5.40. The van der Waals surface area contributed by atoms with Gasteiger partial charge in [0.1, 0.15) is 12.4 Å². The third kappa shape index (κ3) is 3.39. The van der Waals surface area contributed by atoms with Crippen LogP contribution in [0.3, 0.4) is 0 Å². The van der Waals surface area contributed by atoms with E-state index >= 15 is 0 Å². The normalized spacial score (nSPS) is 17.7. The lowest BCUT2D eigenvalue weighted by atomic mass is 10.1. The Hall–Kier alpha value is -1.27. The van der Waals surface area contributed by atoms with Gasteiger partial charge in [-0.2, -0.15) is 0 Å². The maximum absolute atomic E-state index is 11.3. The number of esters is 1. The summed E-state index contributed by atoms with van der Waals surface area (Å²) < 4.78 is 4.82. The molecule has 0 aliphatic carbocycles. The Morgan fingerprint density at radius 2 is 2.38 bits per heavy atom. The molecule has 0 radical (unpaired) electrons. The van der Waals surface area contributed by atoms with Gasteiger partial charge in [-0.3, -0.25) is 5.43 Å². The van der Waals surface area contributed by atoms with E-state index in [2.05, 4.69) is 19.3 Å². The Bertz CT molecular complexity index is 278. The number of hydrazine groups is 1. The minimum absolute atomic E-state index is 0.265. The van der Waals surface area contributed by atoms with Crippen molar-refractivity contribution in [2.24, 2.45) is 11.7 Å². The summed E-state index contributed by atoms with van der Waals surface area (Å²) in [4.78, 5) is 16.5. The molecule has 0 saturated heterocycles. The van der Waals surface area contributed by atoms with Crippen LogP contribution in [0.5, 0.6) is 0 Å². The zero-order chi connectivity index (χ0) is 12.1. The molecule has 16 heavy (non-hydrogen) atoms. The molecule has 0 bridgehead atoms. The van der Waals surface area contributed by atoms with E-state index in [4.69, 9.17) is 15.3 Å². The highest BCUT2D eigenvalue weighted by Crippen LogP contribution is 2.12. The molecule has 0 spiro atoms. The Morgan fingerprint density at radius 3 is 2.94 bits per heavy atom. The summed E-state index contributed by atoms with van der Waals surface area (Å²) in [6, 6.07) is 0. The average Bonchev–Trinajstić information content (AvgIpc) is 2.65. The molecule has 6 heteroatoms. The molecule has 1 aliphatic heterocycles. The summed E-state index contributed by atoms with van der Waals surface area (Å²) >= 11 is 0. The van der Waals surface area contributed by atoms with Crippen molar-refractivity contribution in [2.45, 2.75) is 33.4 Å². The summed E-state index contributed by atoms with van der Waals surface area (Å²) in [5.74, 6) is 0.00814. The van der Waals surface area contributed by atoms with Gasteiger partial charge in [-0.1, -0.05) is 13.8 Å². The summed E-state index contributed by atoms with van der Waals surface area (Å²) in [7, 11) is 0. The number of carbonyl (C=O) groups excluding carboxylic acids is 1. The van der Waals surface area contributed by atoms with E-state index in [0.29, 0.717) is 12.5 Å². The van der Waals surface area contributed by atoms with E-state index in [1.807, 2.05) is 0 Å². The van der Waals surface area contributed by atoms with Gasteiger partial charge in [0.25, 0.3) is 0 Å². The molecule has 6 nitrogen and oxygen atoms in total. The topological polar surface area (TPSA) is 76.8 Å². The fourth-order valence-electron chi connectivity index (χ4n) is 1.32. The summed E-state index contributed by atoms with van der Waals surface area (Å²) in [5, 5.41) is 1.35. The van der Waals surface area contributed by atoms with Gasteiger partial charge in [0.05, 0.1) is 6.61 Å². The zero-order valence-corrected chi connectivity index (χ0v) is 9.90. The third-order valence-corrected chi connectivity index (χ3v) is 2.02. The Kier molecular flexibility index (Phi) is 4.57. The first kappa shape index (κ1) is 12.8. The van der Waals surface area contributed by atoms with Gasteiger partial charge in [-0.15, -0.1) is 0 Å². The number of hydrogen-bond acceptors (Lipinski definition) is 6. The molecule has 0 fully saturated rings. The SMILES string of the molecule is CCOC(=O)C1=CON([C@H](N)CC(C)C)N1. The van der Waals surface area contributed by atoms with Crippen molar-refractivity contribution in [2.75, 3.05) is 6.61 Å². The summed E-state index contributed by atoms with van der Waals surface area (Å²) in [5.41, 5.74) is 8.89. The number of carbonyl (C=O) groups is 1. The summed E-state index contributed by atoms with van der Waals surface area (Å²) in [6.07, 6.45) is 1.76. The molecule has 1 aliphatic rings. The van der Waals surface area contributed by atoms with Gasteiger partial charge in [-0.25, -0.2) is 4.79 Å². The van der Waals surface area contributed by atoms with E-state index in [1.165, 1.54) is 11.4 Å². The van der Waals surface area contributed by atoms with E-state index in [9.17, 15) is 4.79 Å². The van der Waals surface area contributed by atoms with Crippen molar-refractivity contribution in [1.82, 2.24) is 10.6 Å². The monoisotopic (exact) mass is 229 g/mol. The van der Waals surface area contributed by atoms with Crippen LogP contribution in [0.15, 0.2) is 12.0 Å². The number of nitrogens with zero attached hydrogens (tertiary/aromatic N) is 1. The van der Waals surface area contributed by atoms with Crippen LogP contribution in [0, 0.1) is 5.92 Å². The number of ether oxygens (including phenoxy) is 1. The number of rotatable bonds is 5. The van der Waals surface area contributed by atoms with Crippen LogP contribution in [0.25, 0.3) is 0 Å². The fraction of sp³-hybridized carbons (Fsp3) is 0.700. The van der Waals surface area contributed by atoms with Crippen LogP contribution >= 0.6 is 0 Å². The third-order valence-electron chi connectivity index (χ3n) is 2.02. The highest BCUT2D eigenvalue weighted by Gasteiger charge is 2.26. The maximum Gasteiger partial charge on any atom is 0.359 e. The smallest absolute Gasteiger partial charge is 0.359 e. The van der Waals surface area contributed by atoms with Crippen LogP contribution in [0.4, 0.5) is 0 Å². The molecular formula is C10H19N3O3. The van der Waals surface area contributed by atoms with Crippen molar-refractivity contribution in [1.29, 1.82) is 0 Å². The minimum Gasteiger partial charge on any atom is -0.461 e. The Balaban J connectivity index is 2.41. The van der Waals surface area contributed by atoms with E-state index < -0.39 is 5.97 Å². The molecule has 0 aromatic carbocycles. The van der Waals surface area contributed by atoms with Crippen LogP contribution in [-0.2, 0) is 14.4 Å². The highest BCUT2D eigenvalue weighted by molar-refractivity contribution is 5.87. The molecule has 0 saturated carbocycles. The predicted octanol–water partition coefficient (Wildman–Crippen LogP) is 0.474. The molecule has 3 N–H and O–H groups in total. The lowest BCUT2D eigenvalue weighted by Gasteiger charge is -2.23. The lowest BCUT2D eigenvalue weighted by molar-refractivity contribution is -0.154. The van der Waals surface area contributed by atoms with Gasteiger partial charge in [0, 0.05) is 0 Å². The first-order valence-electron chi connectivity index (χ1n) is 5.40. The quantitative estimate of drug-likeness (QED) is 0.667. The fourth-order valence-corrected chi connectivity index (χ4v) is 1.32. The number of nitrogens with two attached hydrogens (primary N) is 1. The largest absolute Gasteiger partial charge is 0.461 e. The van der Waals surface area contributed by atoms with Crippen LogP contribution in [0.1, 0.15) is 27.2 Å². The van der Waals surface area contributed by atoms with Gasteiger partial charge in [0.2, 0.25) is 0 Å². The van der Waals surface area contributed by atoms with Crippen LogP contribution < -0.4 is 11.2 Å². The van der Waals surface area contributed by atoms with E-state index in [1.54, 1.807) is 6.92 Å². The molecule has 0 aromatic rings. The highest BCUT2D eigenvalue weighted by atomic mass is 16.7. The molecular weight excluding hydrogens is 210 g/mol. The van der Waals surface area contributed by atoms with Gasteiger partial charge in [-0.05, 0) is 24.4 Å². The van der Waals surface area contributed by atoms with Crippen molar-refractivity contribution in [3.63, 3.8) is 0 Å².